The van der Waals surface area contributed by atoms with E-state index in [0.29, 0.717) is 11.6 Å². The molecule has 0 spiro atoms. The van der Waals surface area contributed by atoms with E-state index in [1.807, 2.05) is 0 Å². The van der Waals surface area contributed by atoms with Gasteiger partial charge < -0.3 is 10.6 Å². The molecule has 0 atom stereocenters. The zero-order chi connectivity index (χ0) is 12.5. The molecule has 2 heterocycles. The summed E-state index contributed by atoms with van der Waals surface area (Å²) < 4.78 is 0. The second-order valence-electron chi connectivity index (χ2n) is 4.87. The number of H-pyrrole nitrogens is 1. The van der Waals surface area contributed by atoms with Crippen LogP contribution in [0.25, 0.3) is 11.0 Å². The first-order chi connectivity index (χ1) is 8.78. The third-order valence-electron chi connectivity index (χ3n) is 3.69. The molecule has 6 heteroatoms. The highest BCUT2D eigenvalue weighted by molar-refractivity contribution is 5.87. The minimum absolute atomic E-state index is 0.300. The minimum Gasteiger partial charge on any atom is -0.368 e. The Morgan fingerprint density at radius 1 is 1.44 bits per heavy atom. The van der Waals surface area contributed by atoms with Crippen molar-refractivity contribution in [3.8, 4) is 0 Å². The van der Waals surface area contributed by atoms with E-state index < -0.39 is 0 Å². The third-order valence-corrected chi connectivity index (χ3v) is 3.69. The van der Waals surface area contributed by atoms with E-state index in [-0.39, 0.29) is 0 Å². The Morgan fingerprint density at radius 2 is 2.28 bits per heavy atom. The SMILES string of the molecule is CCN(CC1CCC1)c1nc(N)nc2[nH]ncc12. The van der Waals surface area contributed by atoms with Crippen LogP contribution >= 0.6 is 0 Å². The van der Waals surface area contributed by atoms with Gasteiger partial charge in [0.1, 0.15) is 5.82 Å². The Bertz CT molecular complexity index is 544. The first kappa shape index (κ1) is 11.3. The Labute approximate surface area is 106 Å². The highest BCUT2D eigenvalue weighted by Crippen LogP contribution is 2.30. The van der Waals surface area contributed by atoms with Crippen molar-refractivity contribution < 1.29 is 0 Å². The average Bonchev–Trinajstić information content (AvgIpc) is 2.75. The lowest BCUT2D eigenvalue weighted by Crippen LogP contribution is -2.33. The number of nitrogen functional groups attached to an aromatic ring is 1. The van der Waals surface area contributed by atoms with E-state index >= 15 is 0 Å². The minimum atomic E-state index is 0.300. The maximum Gasteiger partial charge on any atom is 0.224 e. The summed E-state index contributed by atoms with van der Waals surface area (Å²) >= 11 is 0. The number of nitrogens with one attached hydrogen (secondary N) is 1. The van der Waals surface area contributed by atoms with Gasteiger partial charge in [-0.3, -0.25) is 5.10 Å². The first-order valence-electron chi connectivity index (χ1n) is 6.49. The van der Waals surface area contributed by atoms with Crippen molar-refractivity contribution in [3.05, 3.63) is 6.20 Å². The largest absolute Gasteiger partial charge is 0.368 e. The molecule has 1 aliphatic carbocycles. The van der Waals surface area contributed by atoms with E-state index in [4.69, 9.17) is 5.73 Å². The van der Waals surface area contributed by atoms with Crippen LogP contribution < -0.4 is 10.6 Å². The number of aromatic nitrogens is 4. The second-order valence-corrected chi connectivity index (χ2v) is 4.87. The molecular weight excluding hydrogens is 228 g/mol. The number of nitrogens with zero attached hydrogens (tertiary/aromatic N) is 4. The number of aromatic amines is 1. The molecule has 0 bridgehead atoms. The van der Waals surface area contributed by atoms with Crippen molar-refractivity contribution in [3.63, 3.8) is 0 Å². The van der Waals surface area contributed by atoms with Crippen molar-refractivity contribution in [1.29, 1.82) is 0 Å². The molecule has 1 aliphatic rings. The summed E-state index contributed by atoms with van der Waals surface area (Å²) in [6.07, 6.45) is 5.78. The maximum absolute atomic E-state index is 5.76. The standard InChI is InChI=1S/C12H18N6/c1-2-18(7-8-4-3-5-8)11-9-6-14-17-10(9)15-12(13)16-11/h6,8H,2-5,7H2,1H3,(H3,13,14,15,16,17). The molecule has 6 nitrogen and oxygen atoms in total. The van der Waals surface area contributed by atoms with E-state index in [2.05, 4.69) is 32.0 Å². The molecule has 3 N–H and O–H groups in total. The predicted molar refractivity (Wildman–Crippen MR) is 71.3 cm³/mol. The molecule has 0 unspecified atom stereocenters. The molecule has 0 aromatic carbocycles. The van der Waals surface area contributed by atoms with Gasteiger partial charge >= 0.3 is 0 Å². The van der Waals surface area contributed by atoms with Crippen LogP contribution in [0.4, 0.5) is 11.8 Å². The van der Waals surface area contributed by atoms with E-state index in [1.165, 1.54) is 19.3 Å². The van der Waals surface area contributed by atoms with E-state index in [0.717, 1.165) is 30.2 Å². The summed E-state index contributed by atoms with van der Waals surface area (Å²) in [5.74, 6) is 2.00. The highest BCUT2D eigenvalue weighted by Gasteiger charge is 2.22. The summed E-state index contributed by atoms with van der Waals surface area (Å²) in [6, 6.07) is 0. The summed E-state index contributed by atoms with van der Waals surface area (Å²) in [4.78, 5) is 10.8. The molecule has 2 aromatic rings. The zero-order valence-electron chi connectivity index (χ0n) is 10.6. The van der Waals surface area contributed by atoms with Gasteiger partial charge in [0.05, 0.1) is 11.6 Å². The van der Waals surface area contributed by atoms with E-state index in [9.17, 15) is 0 Å². The van der Waals surface area contributed by atoms with Crippen LogP contribution in [0.5, 0.6) is 0 Å². The van der Waals surface area contributed by atoms with Crippen molar-refractivity contribution in [1.82, 2.24) is 20.2 Å². The average molecular weight is 246 g/mol. The molecule has 0 aliphatic heterocycles. The van der Waals surface area contributed by atoms with Gasteiger partial charge in [-0.25, -0.2) is 0 Å². The van der Waals surface area contributed by atoms with Gasteiger partial charge in [0.25, 0.3) is 0 Å². The first-order valence-corrected chi connectivity index (χ1v) is 6.49. The second kappa shape index (κ2) is 4.44. The zero-order valence-corrected chi connectivity index (χ0v) is 10.6. The van der Waals surface area contributed by atoms with Gasteiger partial charge in [-0.2, -0.15) is 15.1 Å². The van der Waals surface area contributed by atoms with Crippen LogP contribution in [-0.4, -0.2) is 33.3 Å². The van der Waals surface area contributed by atoms with Crippen molar-refractivity contribution in [2.75, 3.05) is 23.7 Å². The molecule has 0 radical (unpaired) electrons. The van der Waals surface area contributed by atoms with Crippen LogP contribution in [0.3, 0.4) is 0 Å². The predicted octanol–water partition coefficient (Wildman–Crippen LogP) is 1.56. The van der Waals surface area contributed by atoms with Crippen LogP contribution in [0.1, 0.15) is 26.2 Å². The monoisotopic (exact) mass is 246 g/mol. The molecule has 96 valence electrons. The fourth-order valence-electron chi connectivity index (χ4n) is 2.43. The maximum atomic E-state index is 5.76. The Kier molecular flexibility index (Phi) is 2.77. The molecular formula is C12H18N6. The van der Waals surface area contributed by atoms with Gasteiger partial charge in [0, 0.05) is 13.1 Å². The lowest BCUT2D eigenvalue weighted by molar-refractivity contribution is 0.318. The number of rotatable bonds is 4. The summed E-state index contributed by atoms with van der Waals surface area (Å²) in [7, 11) is 0. The molecule has 3 rings (SSSR count). The molecule has 18 heavy (non-hydrogen) atoms. The lowest BCUT2D eigenvalue weighted by atomic mass is 9.85. The normalized spacial score (nSPS) is 15.8. The summed E-state index contributed by atoms with van der Waals surface area (Å²) in [5, 5.41) is 7.83. The molecule has 2 aromatic heterocycles. The molecule has 0 amide bonds. The topological polar surface area (TPSA) is 83.7 Å². The summed E-state index contributed by atoms with van der Waals surface area (Å²) in [5.41, 5.74) is 6.47. The van der Waals surface area contributed by atoms with Gasteiger partial charge in [0.2, 0.25) is 5.95 Å². The quantitative estimate of drug-likeness (QED) is 0.855. The fourth-order valence-corrected chi connectivity index (χ4v) is 2.43. The Hall–Kier alpha value is -1.85. The van der Waals surface area contributed by atoms with Crippen LogP contribution in [0, 0.1) is 5.92 Å². The third kappa shape index (κ3) is 1.87. The number of anilines is 2. The molecule has 1 saturated carbocycles. The summed E-state index contributed by atoms with van der Waals surface area (Å²) in [6.45, 7) is 4.11. The number of nitrogens with two attached hydrogens (primary N) is 1. The molecule has 1 fully saturated rings. The van der Waals surface area contributed by atoms with Crippen molar-refractivity contribution in [2.24, 2.45) is 5.92 Å². The number of fused-ring (bicyclic) bond motifs is 1. The lowest BCUT2D eigenvalue weighted by Gasteiger charge is -2.32. The number of hydrogen-bond donors (Lipinski definition) is 2. The van der Waals surface area contributed by atoms with Crippen LogP contribution in [0.2, 0.25) is 0 Å². The van der Waals surface area contributed by atoms with E-state index in [1.54, 1.807) is 6.20 Å². The highest BCUT2D eigenvalue weighted by atomic mass is 15.2. The van der Waals surface area contributed by atoms with Crippen LogP contribution in [0.15, 0.2) is 6.20 Å². The van der Waals surface area contributed by atoms with Crippen LogP contribution in [-0.2, 0) is 0 Å². The van der Waals surface area contributed by atoms with Gasteiger partial charge in [-0.1, -0.05) is 6.42 Å². The van der Waals surface area contributed by atoms with Crippen molar-refractivity contribution in [2.45, 2.75) is 26.2 Å². The van der Waals surface area contributed by atoms with Crippen molar-refractivity contribution >= 4 is 22.8 Å². The fraction of sp³-hybridized carbons (Fsp3) is 0.583. The Morgan fingerprint density at radius 3 is 2.94 bits per heavy atom. The Balaban J connectivity index is 1.96. The van der Waals surface area contributed by atoms with Gasteiger partial charge in [-0.15, -0.1) is 0 Å². The van der Waals surface area contributed by atoms with Gasteiger partial charge in [-0.05, 0) is 25.7 Å². The number of hydrogen-bond acceptors (Lipinski definition) is 5. The van der Waals surface area contributed by atoms with Gasteiger partial charge in [0.15, 0.2) is 5.65 Å². The molecule has 0 saturated heterocycles. The smallest absolute Gasteiger partial charge is 0.224 e.